The summed E-state index contributed by atoms with van der Waals surface area (Å²) in [6.07, 6.45) is 1.57. The zero-order valence-corrected chi connectivity index (χ0v) is 13.4. The molecule has 0 saturated heterocycles. The van der Waals surface area contributed by atoms with Crippen molar-refractivity contribution in [2.45, 2.75) is 20.4 Å². The molecular formula is C19H20N4. The highest BCUT2D eigenvalue weighted by molar-refractivity contribution is 5.62. The van der Waals surface area contributed by atoms with Gasteiger partial charge in [0.25, 0.3) is 0 Å². The van der Waals surface area contributed by atoms with Crippen LogP contribution in [0.1, 0.15) is 16.7 Å². The third kappa shape index (κ3) is 4.07. The van der Waals surface area contributed by atoms with Crippen molar-refractivity contribution in [3.05, 3.63) is 77.6 Å². The fraction of sp³-hybridized carbons (Fsp3) is 0.158. The third-order valence-corrected chi connectivity index (χ3v) is 3.63. The molecule has 1 heterocycles. The Morgan fingerprint density at radius 3 is 2.43 bits per heavy atom. The average molecular weight is 304 g/mol. The van der Waals surface area contributed by atoms with Crippen molar-refractivity contribution in [3.8, 4) is 0 Å². The van der Waals surface area contributed by atoms with E-state index >= 15 is 0 Å². The largest absolute Gasteiger partial charge is 0.366 e. The summed E-state index contributed by atoms with van der Waals surface area (Å²) in [6.45, 7) is 4.92. The summed E-state index contributed by atoms with van der Waals surface area (Å²) in [5.41, 5.74) is 4.72. The number of aryl methyl sites for hydroxylation is 2. The molecule has 0 spiro atoms. The van der Waals surface area contributed by atoms with Crippen LogP contribution in [0.5, 0.6) is 0 Å². The Balaban J connectivity index is 1.69. The molecule has 0 amide bonds. The van der Waals surface area contributed by atoms with E-state index < -0.39 is 0 Å². The first-order valence-corrected chi connectivity index (χ1v) is 7.65. The zero-order valence-electron chi connectivity index (χ0n) is 13.4. The van der Waals surface area contributed by atoms with E-state index in [1.165, 1.54) is 16.7 Å². The van der Waals surface area contributed by atoms with Crippen molar-refractivity contribution in [1.29, 1.82) is 0 Å². The fourth-order valence-corrected chi connectivity index (χ4v) is 2.40. The van der Waals surface area contributed by atoms with E-state index in [0.717, 1.165) is 23.9 Å². The van der Waals surface area contributed by atoms with Crippen LogP contribution < -0.4 is 10.6 Å². The molecule has 116 valence electrons. The molecule has 0 bridgehead atoms. The highest BCUT2D eigenvalue weighted by Gasteiger charge is 2.02. The van der Waals surface area contributed by atoms with Crippen molar-refractivity contribution in [2.75, 3.05) is 10.6 Å². The maximum Gasteiger partial charge on any atom is 0.135 e. The van der Waals surface area contributed by atoms with E-state index in [2.05, 4.69) is 64.8 Å². The van der Waals surface area contributed by atoms with Gasteiger partial charge in [0.1, 0.15) is 18.0 Å². The lowest BCUT2D eigenvalue weighted by Gasteiger charge is -2.11. The molecular weight excluding hydrogens is 284 g/mol. The van der Waals surface area contributed by atoms with Gasteiger partial charge in [0, 0.05) is 18.3 Å². The lowest BCUT2D eigenvalue weighted by Crippen LogP contribution is -2.03. The van der Waals surface area contributed by atoms with Crippen LogP contribution in [0.25, 0.3) is 0 Å². The summed E-state index contributed by atoms with van der Waals surface area (Å²) in [7, 11) is 0. The van der Waals surface area contributed by atoms with Crippen LogP contribution in [-0.4, -0.2) is 9.97 Å². The molecule has 0 aliphatic rings. The molecule has 3 aromatic rings. The van der Waals surface area contributed by atoms with Gasteiger partial charge in [0.05, 0.1) is 0 Å². The van der Waals surface area contributed by atoms with Gasteiger partial charge in [-0.15, -0.1) is 0 Å². The van der Waals surface area contributed by atoms with Gasteiger partial charge < -0.3 is 10.6 Å². The Bertz CT molecular complexity index is 784. The molecule has 4 nitrogen and oxygen atoms in total. The van der Waals surface area contributed by atoms with Gasteiger partial charge in [-0.2, -0.15) is 0 Å². The number of benzene rings is 2. The van der Waals surface area contributed by atoms with Crippen LogP contribution in [0.3, 0.4) is 0 Å². The SMILES string of the molecule is Cc1ccc(Nc2cc(NCc3ccccc3)ncn2)c(C)c1. The van der Waals surface area contributed by atoms with Gasteiger partial charge in [0.2, 0.25) is 0 Å². The van der Waals surface area contributed by atoms with Gasteiger partial charge in [-0.05, 0) is 31.0 Å². The third-order valence-electron chi connectivity index (χ3n) is 3.63. The van der Waals surface area contributed by atoms with Gasteiger partial charge in [-0.1, -0.05) is 48.0 Å². The van der Waals surface area contributed by atoms with Crippen molar-refractivity contribution in [3.63, 3.8) is 0 Å². The number of rotatable bonds is 5. The maximum absolute atomic E-state index is 4.29. The quantitative estimate of drug-likeness (QED) is 0.731. The van der Waals surface area contributed by atoms with Gasteiger partial charge in [0.15, 0.2) is 0 Å². The minimum absolute atomic E-state index is 0.737. The van der Waals surface area contributed by atoms with Crippen molar-refractivity contribution in [2.24, 2.45) is 0 Å². The van der Waals surface area contributed by atoms with E-state index in [4.69, 9.17) is 0 Å². The lowest BCUT2D eigenvalue weighted by molar-refractivity contribution is 1.08. The maximum atomic E-state index is 4.29. The van der Waals surface area contributed by atoms with Crippen LogP contribution in [0.2, 0.25) is 0 Å². The summed E-state index contributed by atoms with van der Waals surface area (Å²) >= 11 is 0. The van der Waals surface area contributed by atoms with Crippen molar-refractivity contribution < 1.29 is 0 Å². The summed E-state index contributed by atoms with van der Waals surface area (Å²) in [4.78, 5) is 8.56. The molecule has 0 atom stereocenters. The lowest BCUT2D eigenvalue weighted by atomic mass is 10.1. The van der Waals surface area contributed by atoms with Crippen molar-refractivity contribution in [1.82, 2.24) is 9.97 Å². The van der Waals surface area contributed by atoms with E-state index in [1.54, 1.807) is 6.33 Å². The summed E-state index contributed by atoms with van der Waals surface area (Å²) < 4.78 is 0. The summed E-state index contributed by atoms with van der Waals surface area (Å²) in [5.74, 6) is 1.58. The molecule has 0 radical (unpaired) electrons. The Hall–Kier alpha value is -2.88. The Morgan fingerprint density at radius 2 is 1.65 bits per heavy atom. The standard InChI is InChI=1S/C19H20N4/c1-14-8-9-17(15(2)10-14)23-19-11-18(21-13-22-19)20-12-16-6-4-3-5-7-16/h3-11,13H,12H2,1-2H3,(H2,20,21,22,23). The van der Waals surface area contributed by atoms with E-state index in [-0.39, 0.29) is 0 Å². The summed E-state index contributed by atoms with van der Waals surface area (Å²) in [6, 6.07) is 18.5. The molecule has 2 N–H and O–H groups in total. The topological polar surface area (TPSA) is 49.8 Å². The molecule has 0 saturated carbocycles. The minimum Gasteiger partial charge on any atom is -0.366 e. The second kappa shape index (κ2) is 6.92. The first kappa shape index (κ1) is 15.0. The highest BCUT2D eigenvalue weighted by Crippen LogP contribution is 2.21. The molecule has 2 aromatic carbocycles. The first-order valence-electron chi connectivity index (χ1n) is 7.65. The molecule has 23 heavy (non-hydrogen) atoms. The second-order valence-corrected chi connectivity index (χ2v) is 5.57. The van der Waals surface area contributed by atoms with E-state index in [0.29, 0.717) is 0 Å². The predicted molar refractivity (Wildman–Crippen MR) is 95.0 cm³/mol. The van der Waals surface area contributed by atoms with Crippen LogP contribution in [0.4, 0.5) is 17.3 Å². The van der Waals surface area contributed by atoms with Crippen LogP contribution in [-0.2, 0) is 6.54 Å². The smallest absolute Gasteiger partial charge is 0.135 e. The number of hydrogen-bond acceptors (Lipinski definition) is 4. The number of nitrogens with zero attached hydrogens (tertiary/aromatic N) is 2. The predicted octanol–water partition coefficient (Wildman–Crippen LogP) is 4.45. The second-order valence-electron chi connectivity index (χ2n) is 5.57. The molecule has 0 aliphatic carbocycles. The number of hydrogen-bond donors (Lipinski definition) is 2. The Kier molecular flexibility index (Phi) is 4.52. The van der Waals surface area contributed by atoms with E-state index in [9.17, 15) is 0 Å². The van der Waals surface area contributed by atoms with Gasteiger partial charge in [-0.25, -0.2) is 9.97 Å². The Morgan fingerprint density at radius 1 is 0.870 bits per heavy atom. The summed E-state index contributed by atoms with van der Waals surface area (Å²) in [5, 5.41) is 6.67. The van der Waals surface area contributed by atoms with Gasteiger partial charge >= 0.3 is 0 Å². The monoisotopic (exact) mass is 304 g/mol. The number of nitrogens with one attached hydrogen (secondary N) is 2. The molecule has 0 fully saturated rings. The normalized spacial score (nSPS) is 10.3. The van der Waals surface area contributed by atoms with Crippen LogP contribution >= 0.6 is 0 Å². The van der Waals surface area contributed by atoms with E-state index in [1.807, 2.05) is 24.3 Å². The molecule has 0 aliphatic heterocycles. The van der Waals surface area contributed by atoms with Gasteiger partial charge in [-0.3, -0.25) is 0 Å². The van der Waals surface area contributed by atoms with Crippen LogP contribution in [0.15, 0.2) is 60.9 Å². The van der Waals surface area contributed by atoms with Crippen molar-refractivity contribution >= 4 is 17.3 Å². The molecule has 1 aromatic heterocycles. The average Bonchev–Trinajstić information content (AvgIpc) is 2.57. The fourth-order valence-electron chi connectivity index (χ4n) is 2.40. The minimum atomic E-state index is 0.737. The Labute approximate surface area is 136 Å². The van der Waals surface area contributed by atoms with Crippen LogP contribution in [0, 0.1) is 13.8 Å². The zero-order chi connectivity index (χ0) is 16.1. The molecule has 0 unspecified atom stereocenters. The number of anilines is 3. The highest BCUT2D eigenvalue weighted by atomic mass is 15.1. The first-order chi connectivity index (χ1) is 11.2. The number of aromatic nitrogens is 2. The molecule has 4 heteroatoms. The molecule has 3 rings (SSSR count).